The number of likely N-dealkylation sites (N-methyl/N-ethyl adjacent to an activating group) is 1. The van der Waals surface area contributed by atoms with Crippen molar-refractivity contribution >= 4 is 24.8 Å². The fourth-order valence-corrected chi connectivity index (χ4v) is 1.96. The summed E-state index contributed by atoms with van der Waals surface area (Å²) >= 11 is 3.42. The van der Waals surface area contributed by atoms with Crippen LogP contribution >= 0.6 is 12.9 Å². The number of carbonyl (C=O) groups excluding carboxylic acids is 1. The summed E-state index contributed by atoms with van der Waals surface area (Å²) < 4.78 is 4.31. The first kappa shape index (κ1) is 20.1. The second-order valence-electron chi connectivity index (χ2n) is 4.93. The van der Waals surface area contributed by atoms with Gasteiger partial charge in [0.15, 0.2) is 6.29 Å². The van der Waals surface area contributed by atoms with Gasteiger partial charge >= 0.3 is 11.9 Å². The third kappa shape index (κ3) is 9.64. The maximum atomic E-state index is 11.5. The third-order valence-corrected chi connectivity index (χ3v) is 3.26. The van der Waals surface area contributed by atoms with Crippen LogP contribution in [0.3, 0.4) is 0 Å². The van der Waals surface area contributed by atoms with Crippen LogP contribution in [-0.2, 0) is 13.8 Å². The molecule has 0 aliphatic heterocycles. The van der Waals surface area contributed by atoms with Crippen molar-refractivity contribution < 1.29 is 29.1 Å². The van der Waals surface area contributed by atoms with Gasteiger partial charge in [-0.1, -0.05) is 0 Å². The minimum absolute atomic E-state index is 0.264. The van der Waals surface area contributed by atoms with Crippen LogP contribution in [0.4, 0.5) is 0 Å². The Balaban J connectivity index is 4.15. The normalized spacial score (nSPS) is 13.0. The van der Waals surface area contributed by atoms with Gasteiger partial charge in [0, 0.05) is 25.9 Å². The molecule has 1 unspecified atom stereocenters. The van der Waals surface area contributed by atoms with Gasteiger partial charge in [0.25, 0.3) is 0 Å². The first-order valence-corrected chi connectivity index (χ1v) is 6.96. The number of hydrogen-bond acceptors (Lipinski definition) is 8. The average molecular weight is 324 g/mol. The summed E-state index contributed by atoms with van der Waals surface area (Å²) in [6.07, 6.45) is -0.701. The highest BCUT2D eigenvalue weighted by atomic mass is 32.1. The van der Waals surface area contributed by atoms with E-state index < -0.39 is 24.3 Å². The molecule has 3 N–H and O–H groups in total. The van der Waals surface area contributed by atoms with Crippen LogP contribution in [0.15, 0.2) is 0 Å². The maximum Gasteiger partial charge on any atom is 0.335 e. The summed E-state index contributed by atoms with van der Waals surface area (Å²) in [4.78, 5) is 25.8. The Hall–Kier alpha value is -0.870. The predicted molar refractivity (Wildman–Crippen MR) is 78.7 cm³/mol. The first-order valence-electron chi connectivity index (χ1n) is 6.59. The molecule has 0 heterocycles. The quantitative estimate of drug-likeness (QED) is 0.221. The van der Waals surface area contributed by atoms with E-state index in [-0.39, 0.29) is 12.8 Å². The Morgan fingerprint density at radius 3 is 2.29 bits per heavy atom. The number of aliphatic hydroxyl groups excluding tert-OH is 1. The van der Waals surface area contributed by atoms with Crippen molar-refractivity contribution in [2.45, 2.75) is 31.6 Å². The number of nitrogens with zero attached hydrogens (tertiary/aromatic N) is 2. The van der Waals surface area contributed by atoms with E-state index >= 15 is 0 Å². The molecular weight excluding hydrogens is 300 g/mol. The molecule has 0 radical (unpaired) electrons. The molecule has 0 bridgehead atoms. The lowest BCUT2D eigenvalue weighted by molar-refractivity contribution is -0.146. The smallest absolute Gasteiger partial charge is 0.335 e. The number of thiol groups is 1. The Morgan fingerprint density at radius 2 is 1.81 bits per heavy atom. The second-order valence-corrected chi connectivity index (χ2v) is 5.11. The SMILES string of the molecule is CN(CCCN(C)C(CC(=O)O)C(=O)OS)CCC(O)O. The van der Waals surface area contributed by atoms with Crippen LogP contribution in [0.2, 0.25) is 0 Å². The van der Waals surface area contributed by atoms with Gasteiger partial charge in [-0.3, -0.25) is 9.69 Å². The van der Waals surface area contributed by atoms with Crippen LogP contribution < -0.4 is 0 Å². The van der Waals surface area contributed by atoms with Crippen molar-refractivity contribution in [1.82, 2.24) is 9.80 Å². The molecule has 0 aromatic rings. The summed E-state index contributed by atoms with van der Waals surface area (Å²) in [7, 11) is 3.49. The van der Waals surface area contributed by atoms with Gasteiger partial charge in [-0.2, -0.15) is 0 Å². The lowest BCUT2D eigenvalue weighted by Crippen LogP contribution is -2.41. The van der Waals surface area contributed by atoms with Crippen LogP contribution in [0, 0.1) is 0 Å². The van der Waals surface area contributed by atoms with Crippen LogP contribution in [0.1, 0.15) is 19.3 Å². The topological polar surface area (TPSA) is 111 Å². The third-order valence-electron chi connectivity index (χ3n) is 3.08. The van der Waals surface area contributed by atoms with Gasteiger partial charge in [0.1, 0.15) is 6.04 Å². The van der Waals surface area contributed by atoms with Crippen LogP contribution in [0.5, 0.6) is 0 Å². The number of aliphatic carboxylic acids is 1. The zero-order valence-corrected chi connectivity index (χ0v) is 13.2. The average Bonchev–Trinajstić information content (AvgIpc) is 2.41. The summed E-state index contributed by atoms with van der Waals surface area (Å²) in [5.74, 6) is -1.78. The first-order chi connectivity index (χ1) is 9.77. The van der Waals surface area contributed by atoms with Crippen molar-refractivity contribution in [3.8, 4) is 0 Å². The molecule has 124 valence electrons. The van der Waals surface area contributed by atoms with E-state index in [4.69, 9.17) is 15.3 Å². The number of hydrogen-bond donors (Lipinski definition) is 4. The highest BCUT2D eigenvalue weighted by Crippen LogP contribution is 2.07. The van der Waals surface area contributed by atoms with Crippen molar-refractivity contribution in [2.24, 2.45) is 0 Å². The van der Waals surface area contributed by atoms with E-state index in [9.17, 15) is 9.59 Å². The molecule has 0 rings (SSSR count). The summed E-state index contributed by atoms with van der Waals surface area (Å²) in [5, 5.41) is 26.3. The van der Waals surface area contributed by atoms with Gasteiger partial charge in [-0.25, -0.2) is 4.79 Å². The largest absolute Gasteiger partial charge is 0.481 e. The molecule has 0 aromatic heterocycles. The molecule has 0 fully saturated rings. The minimum atomic E-state index is -1.32. The van der Waals surface area contributed by atoms with Gasteiger partial charge in [-0.05, 0) is 33.6 Å². The van der Waals surface area contributed by atoms with E-state index in [0.717, 1.165) is 0 Å². The number of rotatable bonds is 11. The molecule has 0 aromatic carbocycles. The Labute approximate surface area is 129 Å². The van der Waals surface area contributed by atoms with Crippen molar-refractivity contribution in [3.05, 3.63) is 0 Å². The molecule has 0 aliphatic rings. The second kappa shape index (κ2) is 10.8. The summed E-state index contributed by atoms with van der Waals surface area (Å²) in [5.41, 5.74) is 0. The number of aliphatic hydroxyl groups is 2. The van der Waals surface area contributed by atoms with Gasteiger partial charge in [-0.15, -0.1) is 0 Å². The molecule has 21 heavy (non-hydrogen) atoms. The van der Waals surface area contributed by atoms with E-state index in [1.54, 1.807) is 11.9 Å². The fraction of sp³-hybridized carbons (Fsp3) is 0.833. The Morgan fingerprint density at radius 1 is 1.19 bits per heavy atom. The molecule has 0 aliphatic carbocycles. The minimum Gasteiger partial charge on any atom is -0.481 e. The number of carboxylic acid groups (broad SMARTS) is 1. The molecule has 0 amide bonds. The van der Waals surface area contributed by atoms with Crippen molar-refractivity contribution in [2.75, 3.05) is 33.7 Å². The van der Waals surface area contributed by atoms with Crippen LogP contribution in [0.25, 0.3) is 0 Å². The maximum absolute atomic E-state index is 11.5. The Bertz CT molecular complexity index is 329. The lowest BCUT2D eigenvalue weighted by Gasteiger charge is -2.25. The monoisotopic (exact) mass is 324 g/mol. The number of carbonyl (C=O) groups is 2. The van der Waals surface area contributed by atoms with Gasteiger partial charge in [0.2, 0.25) is 0 Å². The summed E-state index contributed by atoms with van der Waals surface area (Å²) in [6.45, 7) is 1.73. The molecule has 0 spiro atoms. The van der Waals surface area contributed by atoms with Crippen LogP contribution in [-0.4, -0.2) is 83.1 Å². The van der Waals surface area contributed by atoms with Crippen molar-refractivity contribution in [1.29, 1.82) is 0 Å². The molecule has 1 atom stereocenters. The van der Waals surface area contributed by atoms with Gasteiger partial charge in [0.05, 0.1) is 6.42 Å². The number of carboxylic acids is 1. The molecule has 0 saturated heterocycles. The highest BCUT2D eigenvalue weighted by molar-refractivity contribution is 7.75. The van der Waals surface area contributed by atoms with Gasteiger partial charge < -0.3 is 24.4 Å². The molecule has 0 saturated carbocycles. The zero-order valence-electron chi connectivity index (χ0n) is 12.3. The Kier molecular flexibility index (Phi) is 10.4. The highest BCUT2D eigenvalue weighted by Gasteiger charge is 2.26. The van der Waals surface area contributed by atoms with E-state index in [2.05, 4.69) is 17.1 Å². The van der Waals surface area contributed by atoms with E-state index in [0.29, 0.717) is 26.1 Å². The van der Waals surface area contributed by atoms with E-state index in [1.807, 2.05) is 11.9 Å². The zero-order chi connectivity index (χ0) is 16.4. The predicted octanol–water partition coefficient (Wildman–Crippen LogP) is -0.828. The van der Waals surface area contributed by atoms with E-state index in [1.165, 1.54) is 0 Å². The van der Waals surface area contributed by atoms with Crippen molar-refractivity contribution in [3.63, 3.8) is 0 Å². The lowest BCUT2D eigenvalue weighted by atomic mass is 10.2. The fourth-order valence-electron chi connectivity index (χ4n) is 1.84. The molecular formula is C12H24N2O6S. The standard InChI is InChI=1S/C12H24N2O6S/c1-13(7-4-10(15)16)5-3-6-14(2)9(8-11(17)18)12(19)20-21/h9-10,15-16,21H,3-8H2,1-2H3,(H,17,18). The molecule has 9 heteroatoms. The molecule has 8 nitrogen and oxygen atoms in total. The summed E-state index contributed by atoms with van der Waals surface area (Å²) in [6, 6.07) is -0.871.